The first-order valence-electron chi connectivity index (χ1n) is 24.1. The van der Waals surface area contributed by atoms with Crippen molar-refractivity contribution in [2.45, 2.75) is 245 Å². The summed E-state index contributed by atoms with van der Waals surface area (Å²) in [6.45, 7) is 6.38. The van der Waals surface area contributed by atoms with Crippen LogP contribution in [0.3, 0.4) is 0 Å². The van der Waals surface area contributed by atoms with Gasteiger partial charge in [0.25, 0.3) is 0 Å². The van der Waals surface area contributed by atoms with E-state index in [0.717, 1.165) is 89.9 Å². The predicted octanol–water partition coefficient (Wildman–Crippen LogP) is 15.5. The number of ether oxygens (including phenoxy) is 3. The number of allylic oxidation sites excluding steroid dienone is 8. The summed E-state index contributed by atoms with van der Waals surface area (Å²) in [5, 5.41) is 0. The Morgan fingerprint density at radius 3 is 1.09 bits per heavy atom. The molecule has 0 aliphatic carbocycles. The van der Waals surface area contributed by atoms with Crippen LogP contribution in [0.1, 0.15) is 239 Å². The third kappa shape index (κ3) is 44.3. The molecule has 6 nitrogen and oxygen atoms in total. The van der Waals surface area contributed by atoms with E-state index in [-0.39, 0.29) is 31.1 Å². The molecule has 0 N–H and O–H groups in total. The van der Waals surface area contributed by atoms with Gasteiger partial charge in [0.2, 0.25) is 0 Å². The van der Waals surface area contributed by atoms with Gasteiger partial charge >= 0.3 is 17.9 Å². The summed E-state index contributed by atoms with van der Waals surface area (Å²) in [5.41, 5.74) is 0. The molecule has 0 fully saturated rings. The van der Waals surface area contributed by atoms with Gasteiger partial charge in [-0.05, 0) is 70.6 Å². The summed E-state index contributed by atoms with van der Waals surface area (Å²) < 4.78 is 16.7. The summed E-state index contributed by atoms with van der Waals surface area (Å²) in [7, 11) is 0. The van der Waals surface area contributed by atoms with E-state index in [4.69, 9.17) is 14.2 Å². The van der Waals surface area contributed by atoms with E-state index in [1.807, 2.05) is 0 Å². The average molecular weight is 799 g/mol. The average Bonchev–Trinajstić information content (AvgIpc) is 3.21. The summed E-state index contributed by atoms with van der Waals surface area (Å²) >= 11 is 0. The van der Waals surface area contributed by atoms with Crippen molar-refractivity contribution in [1.82, 2.24) is 0 Å². The first kappa shape index (κ1) is 54.4. The van der Waals surface area contributed by atoms with E-state index in [1.54, 1.807) is 0 Å². The second kappa shape index (κ2) is 46.1. The van der Waals surface area contributed by atoms with E-state index >= 15 is 0 Å². The minimum Gasteiger partial charge on any atom is -0.462 e. The highest BCUT2D eigenvalue weighted by molar-refractivity contribution is 5.71. The highest BCUT2D eigenvalue weighted by atomic mass is 16.6. The number of rotatable bonds is 43. The predicted molar refractivity (Wildman–Crippen MR) is 242 cm³/mol. The second-order valence-corrected chi connectivity index (χ2v) is 16.0. The van der Waals surface area contributed by atoms with E-state index < -0.39 is 6.10 Å². The normalized spacial score (nSPS) is 12.4. The van der Waals surface area contributed by atoms with Gasteiger partial charge < -0.3 is 14.2 Å². The lowest BCUT2D eigenvalue weighted by atomic mass is 10.0. The number of esters is 3. The molecule has 57 heavy (non-hydrogen) atoms. The molecule has 0 saturated carbocycles. The molecular formula is C51H90O6. The lowest BCUT2D eigenvalue weighted by Gasteiger charge is -2.18. The van der Waals surface area contributed by atoms with Crippen LogP contribution in [0.25, 0.3) is 0 Å². The van der Waals surface area contributed by atoms with Crippen LogP contribution in [0, 0.1) is 0 Å². The Labute approximate surface area is 352 Å². The fourth-order valence-electron chi connectivity index (χ4n) is 6.75. The van der Waals surface area contributed by atoms with Gasteiger partial charge in [0.15, 0.2) is 6.10 Å². The summed E-state index contributed by atoms with van der Waals surface area (Å²) in [6, 6.07) is 0. The first-order valence-corrected chi connectivity index (χ1v) is 24.1. The zero-order valence-electron chi connectivity index (χ0n) is 37.6. The standard InChI is InChI=1S/C51H90O6/c1-4-7-10-13-16-19-21-23-25-26-28-29-32-35-38-41-44-50(53)56-47-48(46-55-49(52)43-40-37-34-31-18-15-12-9-6-3)57-51(54)45-42-39-36-33-30-27-24-22-20-17-14-11-8-5-2/h8-9,11-12,17-18,20,31,48H,4-7,10,13-16,19,21-30,32-47H2,1-3H3/b11-8-,12-9-,20-17-,31-18-. The smallest absolute Gasteiger partial charge is 0.306 e. The van der Waals surface area contributed by atoms with E-state index in [9.17, 15) is 14.4 Å². The van der Waals surface area contributed by atoms with Gasteiger partial charge in [-0.25, -0.2) is 0 Å². The van der Waals surface area contributed by atoms with E-state index in [0.29, 0.717) is 19.3 Å². The monoisotopic (exact) mass is 799 g/mol. The van der Waals surface area contributed by atoms with Crippen LogP contribution < -0.4 is 0 Å². The number of hydrogen-bond acceptors (Lipinski definition) is 6. The fraction of sp³-hybridized carbons (Fsp3) is 0.784. The quantitative estimate of drug-likeness (QED) is 0.0265. The third-order valence-corrected chi connectivity index (χ3v) is 10.3. The number of carbonyl (C=O) groups is 3. The largest absolute Gasteiger partial charge is 0.462 e. The molecule has 330 valence electrons. The van der Waals surface area contributed by atoms with Crippen molar-refractivity contribution in [3.63, 3.8) is 0 Å². The molecule has 6 heteroatoms. The van der Waals surface area contributed by atoms with Crippen LogP contribution >= 0.6 is 0 Å². The lowest BCUT2D eigenvalue weighted by Crippen LogP contribution is -2.30. The maximum Gasteiger partial charge on any atom is 0.306 e. The van der Waals surface area contributed by atoms with Gasteiger partial charge in [0, 0.05) is 19.3 Å². The molecule has 0 bridgehead atoms. The molecule has 0 aliphatic heterocycles. The Bertz CT molecular complexity index is 1010. The highest BCUT2D eigenvalue weighted by Crippen LogP contribution is 2.15. The molecule has 0 rings (SSSR count). The molecule has 0 radical (unpaired) electrons. The Morgan fingerprint density at radius 2 is 0.684 bits per heavy atom. The summed E-state index contributed by atoms with van der Waals surface area (Å²) in [4.78, 5) is 37.8. The first-order chi connectivity index (χ1) is 28.0. The van der Waals surface area contributed by atoms with Crippen molar-refractivity contribution in [3.05, 3.63) is 48.6 Å². The highest BCUT2D eigenvalue weighted by Gasteiger charge is 2.19. The molecule has 0 saturated heterocycles. The van der Waals surface area contributed by atoms with Gasteiger partial charge in [-0.15, -0.1) is 0 Å². The molecule has 0 aromatic carbocycles. The lowest BCUT2D eigenvalue weighted by molar-refractivity contribution is -0.167. The molecular weight excluding hydrogens is 709 g/mol. The second-order valence-electron chi connectivity index (χ2n) is 16.0. The third-order valence-electron chi connectivity index (χ3n) is 10.3. The number of unbranched alkanes of at least 4 members (excludes halogenated alkanes) is 24. The Balaban J connectivity index is 4.33. The van der Waals surface area contributed by atoms with Crippen LogP contribution in [0.15, 0.2) is 48.6 Å². The molecule has 1 unspecified atom stereocenters. The summed E-state index contributed by atoms with van der Waals surface area (Å²) in [5.74, 6) is -0.928. The van der Waals surface area contributed by atoms with Crippen LogP contribution in [0.4, 0.5) is 0 Å². The molecule has 0 aromatic rings. The minimum atomic E-state index is -0.785. The zero-order valence-corrected chi connectivity index (χ0v) is 37.6. The molecule has 0 aliphatic rings. The van der Waals surface area contributed by atoms with E-state index in [2.05, 4.69) is 69.4 Å². The Kier molecular flexibility index (Phi) is 43.9. The van der Waals surface area contributed by atoms with Crippen LogP contribution in [-0.2, 0) is 28.6 Å². The maximum atomic E-state index is 12.7. The van der Waals surface area contributed by atoms with Gasteiger partial charge in [-0.1, -0.05) is 198 Å². The van der Waals surface area contributed by atoms with Crippen molar-refractivity contribution < 1.29 is 28.6 Å². The SMILES string of the molecule is CC/C=C\C/C=C\CCCCCCCCCC(=O)OC(COC(=O)CCCC/C=C\C/C=C\CC)COC(=O)CCCCCCCCCCCCCCCCCC. The topological polar surface area (TPSA) is 78.9 Å². The summed E-state index contributed by atoms with van der Waals surface area (Å²) in [6.07, 6.45) is 53.9. The van der Waals surface area contributed by atoms with Gasteiger partial charge in [-0.2, -0.15) is 0 Å². The van der Waals surface area contributed by atoms with Gasteiger partial charge in [0.05, 0.1) is 0 Å². The van der Waals surface area contributed by atoms with Crippen LogP contribution in [0.2, 0.25) is 0 Å². The Hall–Kier alpha value is -2.63. The van der Waals surface area contributed by atoms with Crippen molar-refractivity contribution >= 4 is 17.9 Å². The van der Waals surface area contributed by atoms with Crippen LogP contribution in [0.5, 0.6) is 0 Å². The molecule has 0 heterocycles. The minimum absolute atomic E-state index is 0.0847. The molecule has 0 aromatic heterocycles. The van der Waals surface area contributed by atoms with Crippen molar-refractivity contribution in [2.75, 3.05) is 13.2 Å². The molecule has 1 atom stereocenters. The van der Waals surface area contributed by atoms with Crippen molar-refractivity contribution in [3.8, 4) is 0 Å². The maximum absolute atomic E-state index is 12.7. The van der Waals surface area contributed by atoms with Crippen molar-refractivity contribution in [1.29, 1.82) is 0 Å². The Morgan fingerprint density at radius 1 is 0.368 bits per heavy atom. The molecule has 0 spiro atoms. The van der Waals surface area contributed by atoms with Crippen molar-refractivity contribution in [2.24, 2.45) is 0 Å². The van der Waals surface area contributed by atoms with Gasteiger partial charge in [-0.3, -0.25) is 14.4 Å². The number of hydrogen-bond donors (Lipinski definition) is 0. The van der Waals surface area contributed by atoms with Crippen LogP contribution in [-0.4, -0.2) is 37.2 Å². The number of carbonyl (C=O) groups excluding carboxylic acids is 3. The molecule has 0 amide bonds. The zero-order chi connectivity index (χ0) is 41.5. The van der Waals surface area contributed by atoms with E-state index in [1.165, 1.54) is 109 Å². The van der Waals surface area contributed by atoms with Gasteiger partial charge in [0.1, 0.15) is 13.2 Å². The fourth-order valence-corrected chi connectivity index (χ4v) is 6.75.